The van der Waals surface area contributed by atoms with Gasteiger partial charge in [-0.05, 0) is 32.2 Å². The van der Waals surface area contributed by atoms with E-state index in [1.807, 2.05) is 0 Å². The third-order valence-corrected chi connectivity index (χ3v) is 3.76. The Bertz CT molecular complexity index is 154. The zero-order valence-electron chi connectivity index (χ0n) is 9.34. The Morgan fingerprint density at radius 3 is 2.93 bits per heavy atom. The highest BCUT2D eigenvalue weighted by Gasteiger charge is 2.29. The molecule has 1 fully saturated rings. The summed E-state index contributed by atoms with van der Waals surface area (Å²) < 4.78 is 5.35. The van der Waals surface area contributed by atoms with Crippen LogP contribution in [0.3, 0.4) is 0 Å². The summed E-state index contributed by atoms with van der Waals surface area (Å²) in [5.74, 6) is 0.849. The van der Waals surface area contributed by atoms with Gasteiger partial charge in [0.15, 0.2) is 0 Å². The molecule has 1 saturated heterocycles. The van der Waals surface area contributed by atoms with Gasteiger partial charge < -0.3 is 4.74 Å². The monoisotopic (exact) mass is 263 g/mol. The fourth-order valence-corrected chi connectivity index (χ4v) is 3.18. The van der Waals surface area contributed by atoms with E-state index in [1.165, 1.54) is 25.9 Å². The first-order valence-corrected chi connectivity index (χ1v) is 6.79. The second-order valence-electron chi connectivity index (χ2n) is 4.07. The van der Waals surface area contributed by atoms with E-state index in [2.05, 4.69) is 34.7 Å². The molecule has 0 spiro atoms. The van der Waals surface area contributed by atoms with Gasteiger partial charge in [-0.25, -0.2) is 0 Å². The third-order valence-electron chi connectivity index (χ3n) is 3.09. The van der Waals surface area contributed by atoms with E-state index >= 15 is 0 Å². The van der Waals surface area contributed by atoms with Crippen LogP contribution >= 0.6 is 15.9 Å². The molecule has 14 heavy (non-hydrogen) atoms. The van der Waals surface area contributed by atoms with Crippen LogP contribution in [0.2, 0.25) is 0 Å². The zero-order valence-corrected chi connectivity index (χ0v) is 10.9. The molecule has 0 aromatic heterocycles. The van der Waals surface area contributed by atoms with Crippen LogP contribution < -0.4 is 0 Å². The summed E-state index contributed by atoms with van der Waals surface area (Å²) in [5, 5.41) is 1.11. The summed E-state index contributed by atoms with van der Waals surface area (Å²) in [6.45, 7) is 8.63. The Kier molecular flexibility index (Phi) is 6.06. The van der Waals surface area contributed by atoms with Gasteiger partial charge in [0.25, 0.3) is 0 Å². The van der Waals surface area contributed by atoms with Crippen LogP contribution in [-0.4, -0.2) is 42.6 Å². The largest absolute Gasteiger partial charge is 0.382 e. The van der Waals surface area contributed by atoms with Gasteiger partial charge in [0, 0.05) is 31.1 Å². The maximum atomic E-state index is 5.35. The van der Waals surface area contributed by atoms with Crippen molar-refractivity contribution < 1.29 is 4.74 Å². The third kappa shape index (κ3) is 3.52. The number of alkyl halides is 1. The molecule has 0 aromatic carbocycles. The van der Waals surface area contributed by atoms with E-state index in [4.69, 9.17) is 4.74 Å². The normalized spacial score (nSPS) is 28.5. The molecular formula is C11H22BrNO. The Balaban J connectivity index is 2.17. The molecular weight excluding hydrogens is 242 g/mol. The number of halogens is 1. The highest BCUT2D eigenvalue weighted by molar-refractivity contribution is 9.09. The second-order valence-corrected chi connectivity index (χ2v) is 4.72. The molecule has 0 N–H and O–H groups in total. The Labute approximate surface area is 96.1 Å². The molecule has 2 nitrogen and oxygen atoms in total. The lowest BCUT2D eigenvalue weighted by molar-refractivity contribution is 0.129. The summed E-state index contributed by atoms with van der Waals surface area (Å²) in [5.41, 5.74) is 0. The number of likely N-dealkylation sites (tertiary alicyclic amines) is 1. The van der Waals surface area contributed by atoms with Crippen molar-refractivity contribution >= 4 is 15.9 Å². The molecule has 0 amide bonds. The molecule has 0 radical (unpaired) electrons. The highest BCUT2D eigenvalue weighted by atomic mass is 79.9. The van der Waals surface area contributed by atoms with Gasteiger partial charge in [-0.2, -0.15) is 0 Å². The molecule has 0 aliphatic carbocycles. The second kappa shape index (κ2) is 6.81. The lowest BCUT2D eigenvalue weighted by atomic mass is 10.1. The Morgan fingerprint density at radius 2 is 2.29 bits per heavy atom. The van der Waals surface area contributed by atoms with Crippen LogP contribution in [0.25, 0.3) is 0 Å². The van der Waals surface area contributed by atoms with Crippen LogP contribution in [0.15, 0.2) is 0 Å². The van der Waals surface area contributed by atoms with Gasteiger partial charge >= 0.3 is 0 Å². The van der Waals surface area contributed by atoms with Gasteiger partial charge in [0.1, 0.15) is 0 Å². The van der Waals surface area contributed by atoms with Gasteiger partial charge in [-0.3, -0.25) is 4.90 Å². The van der Waals surface area contributed by atoms with E-state index < -0.39 is 0 Å². The molecule has 1 aliphatic heterocycles. The zero-order chi connectivity index (χ0) is 10.4. The van der Waals surface area contributed by atoms with Crippen molar-refractivity contribution in [1.29, 1.82) is 0 Å². The van der Waals surface area contributed by atoms with E-state index in [1.54, 1.807) is 0 Å². The van der Waals surface area contributed by atoms with Crippen LogP contribution in [0.1, 0.15) is 26.7 Å². The molecule has 1 heterocycles. The van der Waals surface area contributed by atoms with Gasteiger partial charge in [-0.1, -0.05) is 22.9 Å². The van der Waals surface area contributed by atoms with Crippen molar-refractivity contribution in [1.82, 2.24) is 4.90 Å². The smallest absolute Gasteiger partial charge is 0.0478 e. The first-order chi connectivity index (χ1) is 6.79. The van der Waals surface area contributed by atoms with Gasteiger partial charge in [0.05, 0.1) is 0 Å². The maximum absolute atomic E-state index is 5.35. The van der Waals surface area contributed by atoms with E-state index in [0.29, 0.717) is 0 Å². The van der Waals surface area contributed by atoms with Crippen LogP contribution in [0, 0.1) is 5.92 Å². The Morgan fingerprint density at radius 1 is 1.50 bits per heavy atom. The highest BCUT2D eigenvalue weighted by Crippen LogP contribution is 2.25. The van der Waals surface area contributed by atoms with Crippen molar-refractivity contribution in [2.75, 3.05) is 31.6 Å². The van der Waals surface area contributed by atoms with Gasteiger partial charge in [0.2, 0.25) is 0 Å². The van der Waals surface area contributed by atoms with Crippen LogP contribution in [0.4, 0.5) is 0 Å². The fourth-order valence-electron chi connectivity index (χ4n) is 2.13. The summed E-state index contributed by atoms with van der Waals surface area (Å²) in [6.07, 6.45) is 2.52. The number of ether oxygens (including phenoxy) is 1. The number of hydrogen-bond donors (Lipinski definition) is 0. The Hall–Kier alpha value is 0.400. The first kappa shape index (κ1) is 12.5. The number of rotatable bonds is 6. The van der Waals surface area contributed by atoms with Gasteiger partial charge in [-0.15, -0.1) is 0 Å². The molecule has 0 bridgehead atoms. The van der Waals surface area contributed by atoms with Crippen molar-refractivity contribution in [2.24, 2.45) is 5.92 Å². The SMILES string of the molecule is CCOCCCN1CCC(C)C1CBr. The van der Waals surface area contributed by atoms with Crippen molar-refractivity contribution in [2.45, 2.75) is 32.7 Å². The van der Waals surface area contributed by atoms with E-state index in [9.17, 15) is 0 Å². The molecule has 1 rings (SSSR count). The first-order valence-electron chi connectivity index (χ1n) is 5.67. The average molecular weight is 264 g/mol. The molecule has 0 saturated carbocycles. The van der Waals surface area contributed by atoms with Crippen molar-refractivity contribution in [3.05, 3.63) is 0 Å². The lowest BCUT2D eigenvalue weighted by Gasteiger charge is -2.24. The fraction of sp³-hybridized carbons (Fsp3) is 1.00. The summed E-state index contributed by atoms with van der Waals surface area (Å²) in [4.78, 5) is 2.60. The topological polar surface area (TPSA) is 12.5 Å². The van der Waals surface area contributed by atoms with E-state index in [0.717, 1.165) is 30.5 Å². The molecule has 1 aliphatic rings. The predicted molar refractivity (Wildman–Crippen MR) is 64.0 cm³/mol. The average Bonchev–Trinajstić information content (AvgIpc) is 2.54. The quantitative estimate of drug-likeness (QED) is 0.540. The molecule has 2 atom stereocenters. The predicted octanol–water partition coefficient (Wildman–Crippen LogP) is 2.52. The summed E-state index contributed by atoms with van der Waals surface area (Å²) >= 11 is 3.61. The van der Waals surface area contributed by atoms with Crippen molar-refractivity contribution in [3.63, 3.8) is 0 Å². The van der Waals surface area contributed by atoms with E-state index in [-0.39, 0.29) is 0 Å². The summed E-state index contributed by atoms with van der Waals surface area (Å²) in [7, 11) is 0. The number of nitrogens with zero attached hydrogens (tertiary/aromatic N) is 1. The lowest BCUT2D eigenvalue weighted by Crippen LogP contribution is -2.34. The van der Waals surface area contributed by atoms with Crippen LogP contribution in [0.5, 0.6) is 0 Å². The van der Waals surface area contributed by atoms with Crippen molar-refractivity contribution in [3.8, 4) is 0 Å². The minimum atomic E-state index is 0.747. The molecule has 0 aromatic rings. The number of hydrogen-bond acceptors (Lipinski definition) is 2. The molecule has 84 valence electrons. The maximum Gasteiger partial charge on any atom is 0.0478 e. The molecule has 2 unspecified atom stereocenters. The van der Waals surface area contributed by atoms with Crippen LogP contribution in [-0.2, 0) is 4.74 Å². The minimum absolute atomic E-state index is 0.747. The summed E-state index contributed by atoms with van der Waals surface area (Å²) in [6, 6.07) is 0.747. The minimum Gasteiger partial charge on any atom is -0.382 e. The molecule has 3 heteroatoms. The standard InChI is InChI=1S/C11H22BrNO/c1-3-14-8-4-6-13-7-5-10(2)11(13)9-12/h10-11H,3-9H2,1-2H3.